The molecule has 0 saturated carbocycles. The smallest absolute Gasteiger partial charge is 0.341 e. The van der Waals surface area contributed by atoms with Gasteiger partial charge in [0.25, 0.3) is 0 Å². The van der Waals surface area contributed by atoms with Gasteiger partial charge in [-0.05, 0) is 18.9 Å². The minimum atomic E-state index is -1.02. The molecule has 0 bridgehead atoms. The predicted octanol–water partition coefficient (Wildman–Crippen LogP) is 1.02. The number of rotatable bonds is 3. The van der Waals surface area contributed by atoms with E-state index in [1.165, 1.54) is 10.7 Å². The van der Waals surface area contributed by atoms with Gasteiger partial charge in [0.2, 0.25) is 0 Å². The van der Waals surface area contributed by atoms with E-state index in [2.05, 4.69) is 15.4 Å². The van der Waals surface area contributed by atoms with Crippen molar-refractivity contribution in [3.8, 4) is 0 Å². The maximum absolute atomic E-state index is 11.0. The summed E-state index contributed by atoms with van der Waals surface area (Å²) in [6.07, 6.45) is 4.87. The third kappa shape index (κ3) is 2.37. The Morgan fingerprint density at radius 1 is 1.47 bits per heavy atom. The van der Waals surface area contributed by atoms with Crippen LogP contribution in [0.15, 0.2) is 18.5 Å². The standard InChI is InChI=1S/C12H14N4O3/c17-12(18)9-7-13-16-4-1-10(15-11(9)16)14-8-2-5-19-6-3-8/h1,4,7-8H,2-3,5-6H2,(H,14,15)(H,17,18). The second kappa shape index (κ2) is 4.85. The highest BCUT2D eigenvalue weighted by molar-refractivity contribution is 5.94. The van der Waals surface area contributed by atoms with Crippen molar-refractivity contribution in [3.63, 3.8) is 0 Å². The highest BCUT2D eigenvalue weighted by atomic mass is 16.5. The highest BCUT2D eigenvalue weighted by Gasteiger charge is 2.16. The highest BCUT2D eigenvalue weighted by Crippen LogP contribution is 2.15. The van der Waals surface area contributed by atoms with Crippen molar-refractivity contribution < 1.29 is 14.6 Å². The van der Waals surface area contributed by atoms with Crippen LogP contribution in [0, 0.1) is 0 Å². The zero-order valence-corrected chi connectivity index (χ0v) is 10.2. The number of fused-ring (bicyclic) bond motifs is 1. The van der Waals surface area contributed by atoms with Crippen LogP contribution >= 0.6 is 0 Å². The van der Waals surface area contributed by atoms with Crippen molar-refractivity contribution in [2.45, 2.75) is 18.9 Å². The fourth-order valence-electron chi connectivity index (χ4n) is 2.15. The predicted molar refractivity (Wildman–Crippen MR) is 67.4 cm³/mol. The Morgan fingerprint density at radius 2 is 2.26 bits per heavy atom. The number of nitrogens with zero attached hydrogens (tertiary/aromatic N) is 3. The summed E-state index contributed by atoms with van der Waals surface area (Å²) in [6, 6.07) is 2.11. The number of nitrogens with one attached hydrogen (secondary N) is 1. The van der Waals surface area contributed by atoms with Gasteiger partial charge in [-0.2, -0.15) is 5.10 Å². The van der Waals surface area contributed by atoms with Crippen LogP contribution in [0.3, 0.4) is 0 Å². The first kappa shape index (κ1) is 11.9. The maximum atomic E-state index is 11.0. The molecular weight excluding hydrogens is 248 g/mol. The Kier molecular flexibility index (Phi) is 3.04. The van der Waals surface area contributed by atoms with E-state index in [4.69, 9.17) is 9.84 Å². The van der Waals surface area contributed by atoms with E-state index in [9.17, 15) is 4.79 Å². The Bertz CT molecular complexity index is 604. The van der Waals surface area contributed by atoms with Crippen LogP contribution in [0.5, 0.6) is 0 Å². The summed E-state index contributed by atoms with van der Waals surface area (Å²) in [7, 11) is 0. The average Bonchev–Trinajstić information content (AvgIpc) is 2.83. The van der Waals surface area contributed by atoms with E-state index in [-0.39, 0.29) is 5.56 Å². The third-order valence-electron chi connectivity index (χ3n) is 3.17. The van der Waals surface area contributed by atoms with Crippen LogP contribution in [-0.4, -0.2) is 44.9 Å². The lowest BCUT2D eigenvalue weighted by molar-refractivity contribution is 0.0698. The Balaban J connectivity index is 1.87. The molecule has 3 heterocycles. The van der Waals surface area contributed by atoms with E-state index in [1.807, 2.05) is 0 Å². The molecule has 2 aromatic rings. The summed E-state index contributed by atoms with van der Waals surface area (Å²) in [5.74, 6) is -0.354. The first-order chi connectivity index (χ1) is 9.24. The number of aromatic carboxylic acids is 1. The molecule has 1 aliphatic rings. The molecule has 0 atom stereocenters. The van der Waals surface area contributed by atoms with Crippen LogP contribution < -0.4 is 5.32 Å². The summed E-state index contributed by atoms with van der Waals surface area (Å²) in [4.78, 5) is 15.4. The van der Waals surface area contributed by atoms with Crippen molar-refractivity contribution >= 4 is 17.4 Å². The maximum Gasteiger partial charge on any atom is 0.341 e. The van der Waals surface area contributed by atoms with Gasteiger partial charge in [0, 0.05) is 25.5 Å². The Morgan fingerprint density at radius 3 is 3.00 bits per heavy atom. The molecule has 7 heteroatoms. The second-order valence-corrected chi connectivity index (χ2v) is 4.48. The monoisotopic (exact) mass is 262 g/mol. The van der Waals surface area contributed by atoms with Crippen LogP contribution in [0.25, 0.3) is 5.65 Å². The lowest BCUT2D eigenvalue weighted by atomic mass is 10.1. The van der Waals surface area contributed by atoms with Gasteiger partial charge in [-0.15, -0.1) is 0 Å². The number of ether oxygens (including phenoxy) is 1. The minimum Gasteiger partial charge on any atom is -0.477 e. The van der Waals surface area contributed by atoms with Crippen molar-refractivity contribution in [3.05, 3.63) is 24.0 Å². The van der Waals surface area contributed by atoms with Crippen molar-refractivity contribution in [1.82, 2.24) is 14.6 Å². The van der Waals surface area contributed by atoms with E-state index in [0.29, 0.717) is 17.5 Å². The van der Waals surface area contributed by atoms with Crippen LogP contribution in [0.2, 0.25) is 0 Å². The molecule has 100 valence electrons. The second-order valence-electron chi connectivity index (χ2n) is 4.48. The number of anilines is 1. The lowest BCUT2D eigenvalue weighted by Gasteiger charge is -2.23. The van der Waals surface area contributed by atoms with Gasteiger partial charge in [0.05, 0.1) is 6.20 Å². The first-order valence-electron chi connectivity index (χ1n) is 6.16. The molecule has 1 saturated heterocycles. The topological polar surface area (TPSA) is 88.8 Å². The first-order valence-corrected chi connectivity index (χ1v) is 6.16. The molecule has 19 heavy (non-hydrogen) atoms. The van der Waals surface area contributed by atoms with Gasteiger partial charge in [-0.25, -0.2) is 14.3 Å². The molecule has 0 spiro atoms. The average molecular weight is 262 g/mol. The molecule has 0 amide bonds. The van der Waals surface area contributed by atoms with Gasteiger partial charge < -0.3 is 15.2 Å². The van der Waals surface area contributed by atoms with Crippen LogP contribution in [-0.2, 0) is 4.74 Å². The number of carboxylic acid groups (broad SMARTS) is 1. The van der Waals surface area contributed by atoms with Crippen molar-refractivity contribution in [2.24, 2.45) is 0 Å². The van der Waals surface area contributed by atoms with Crippen LogP contribution in [0.1, 0.15) is 23.2 Å². The summed E-state index contributed by atoms with van der Waals surface area (Å²) >= 11 is 0. The summed E-state index contributed by atoms with van der Waals surface area (Å²) < 4.78 is 6.75. The summed E-state index contributed by atoms with van der Waals surface area (Å²) in [5.41, 5.74) is 0.459. The van der Waals surface area contributed by atoms with E-state index < -0.39 is 5.97 Å². The van der Waals surface area contributed by atoms with E-state index >= 15 is 0 Å². The van der Waals surface area contributed by atoms with Gasteiger partial charge in [-0.1, -0.05) is 0 Å². The SMILES string of the molecule is O=C(O)c1cnn2ccc(NC3CCOCC3)nc12. The number of carbonyl (C=O) groups is 1. The minimum absolute atomic E-state index is 0.107. The number of hydrogen-bond donors (Lipinski definition) is 2. The fourth-order valence-corrected chi connectivity index (χ4v) is 2.15. The number of carboxylic acids is 1. The molecule has 2 N–H and O–H groups in total. The van der Waals surface area contributed by atoms with Crippen LogP contribution in [0.4, 0.5) is 5.82 Å². The Hall–Kier alpha value is -2.15. The molecule has 2 aromatic heterocycles. The molecule has 1 aliphatic heterocycles. The lowest BCUT2D eigenvalue weighted by Crippen LogP contribution is -2.28. The van der Waals surface area contributed by atoms with Crippen molar-refractivity contribution in [2.75, 3.05) is 18.5 Å². The molecule has 0 unspecified atom stereocenters. The molecule has 7 nitrogen and oxygen atoms in total. The van der Waals surface area contributed by atoms with Gasteiger partial charge in [0.1, 0.15) is 11.4 Å². The zero-order chi connectivity index (χ0) is 13.2. The quantitative estimate of drug-likeness (QED) is 0.858. The molecule has 0 aromatic carbocycles. The summed E-state index contributed by atoms with van der Waals surface area (Å²) in [6.45, 7) is 1.49. The largest absolute Gasteiger partial charge is 0.477 e. The normalized spacial score (nSPS) is 16.6. The summed E-state index contributed by atoms with van der Waals surface area (Å²) in [5, 5.41) is 16.3. The van der Waals surface area contributed by atoms with Crippen molar-refractivity contribution in [1.29, 1.82) is 0 Å². The number of aromatic nitrogens is 3. The Labute approximate surface area is 109 Å². The van der Waals surface area contributed by atoms with Gasteiger partial charge in [0.15, 0.2) is 5.65 Å². The molecular formula is C12H14N4O3. The van der Waals surface area contributed by atoms with E-state index in [1.54, 1.807) is 12.3 Å². The van der Waals surface area contributed by atoms with E-state index in [0.717, 1.165) is 26.1 Å². The number of hydrogen-bond acceptors (Lipinski definition) is 5. The third-order valence-corrected chi connectivity index (χ3v) is 3.17. The molecule has 0 radical (unpaired) electrons. The molecule has 3 rings (SSSR count). The zero-order valence-electron chi connectivity index (χ0n) is 10.2. The van der Waals surface area contributed by atoms with Gasteiger partial charge in [-0.3, -0.25) is 0 Å². The van der Waals surface area contributed by atoms with Gasteiger partial charge >= 0.3 is 5.97 Å². The molecule has 0 aliphatic carbocycles. The fraction of sp³-hybridized carbons (Fsp3) is 0.417. The molecule has 1 fully saturated rings.